The minimum Gasteiger partial charge on any atom is -0.507 e. The average Bonchev–Trinajstić information content (AvgIpc) is 3.44. The molecule has 4 aromatic rings. The third-order valence-electron chi connectivity index (χ3n) is 6.92. The number of amides is 1. The number of aliphatic hydroxyl groups is 1. The highest BCUT2D eigenvalue weighted by Gasteiger charge is 2.48. The number of carbonyl (C=O) groups excluding carboxylic acids is 2. The monoisotopic (exact) mass is 542 g/mol. The molecule has 7 nitrogen and oxygen atoms in total. The Kier molecular flexibility index (Phi) is 6.91. The number of nitrogens with zero attached hydrogens (tertiary/aromatic N) is 2. The molecule has 1 fully saturated rings. The average molecular weight is 543 g/mol. The number of rotatable bonds is 6. The van der Waals surface area contributed by atoms with Gasteiger partial charge in [-0.3, -0.25) is 14.5 Å². The van der Waals surface area contributed by atoms with Crippen molar-refractivity contribution in [3.8, 4) is 11.5 Å². The van der Waals surface area contributed by atoms with Gasteiger partial charge in [0.15, 0.2) is 16.6 Å². The van der Waals surface area contributed by atoms with E-state index in [0.29, 0.717) is 34.4 Å². The first-order valence-corrected chi connectivity index (χ1v) is 13.5. The molecule has 5 rings (SSSR count). The Morgan fingerprint density at radius 2 is 1.74 bits per heavy atom. The molecule has 8 heteroatoms. The summed E-state index contributed by atoms with van der Waals surface area (Å²) in [5, 5.41) is 12.0. The van der Waals surface area contributed by atoms with E-state index in [1.54, 1.807) is 18.2 Å². The third kappa shape index (κ3) is 4.55. The summed E-state index contributed by atoms with van der Waals surface area (Å²) in [5.74, 6) is -0.724. The predicted octanol–water partition coefficient (Wildman–Crippen LogP) is 6.56. The maximum absolute atomic E-state index is 13.7. The van der Waals surface area contributed by atoms with Crippen molar-refractivity contribution < 1.29 is 24.2 Å². The number of anilines is 1. The van der Waals surface area contributed by atoms with Crippen molar-refractivity contribution in [1.29, 1.82) is 0 Å². The van der Waals surface area contributed by atoms with Gasteiger partial charge in [0, 0.05) is 5.56 Å². The summed E-state index contributed by atoms with van der Waals surface area (Å²) in [6.07, 6.45) is 0. The van der Waals surface area contributed by atoms with E-state index in [9.17, 15) is 14.7 Å². The molecular formula is C31H30N2O5S. The van der Waals surface area contributed by atoms with Gasteiger partial charge in [0.2, 0.25) is 0 Å². The lowest BCUT2D eigenvalue weighted by molar-refractivity contribution is -0.132. The fourth-order valence-electron chi connectivity index (χ4n) is 5.07. The summed E-state index contributed by atoms with van der Waals surface area (Å²) in [7, 11) is 1.54. The van der Waals surface area contributed by atoms with Crippen LogP contribution in [0.2, 0.25) is 0 Å². The molecule has 1 aliphatic heterocycles. The molecule has 0 saturated carbocycles. The summed E-state index contributed by atoms with van der Waals surface area (Å²) in [6, 6.07) is 14.1. The second-order valence-electron chi connectivity index (χ2n) is 9.76. The minimum atomic E-state index is -0.920. The number of benzene rings is 3. The molecule has 200 valence electrons. The summed E-state index contributed by atoms with van der Waals surface area (Å²) < 4.78 is 12.2. The maximum atomic E-state index is 13.7. The van der Waals surface area contributed by atoms with Gasteiger partial charge in [-0.2, -0.15) is 0 Å². The number of fused-ring (bicyclic) bond motifs is 1. The quantitative estimate of drug-likeness (QED) is 0.169. The number of aliphatic hydroxyl groups excluding tert-OH is 1. The number of methoxy groups -OCH3 is 1. The zero-order valence-electron chi connectivity index (χ0n) is 22.8. The number of thiazole rings is 1. The van der Waals surface area contributed by atoms with E-state index in [1.807, 2.05) is 65.0 Å². The summed E-state index contributed by atoms with van der Waals surface area (Å²) >= 11 is 1.35. The van der Waals surface area contributed by atoms with E-state index >= 15 is 0 Å². The molecule has 1 amide bonds. The normalized spacial score (nSPS) is 16.8. The summed E-state index contributed by atoms with van der Waals surface area (Å²) in [5.41, 5.74) is 5.66. The number of ether oxygens (including phenoxy) is 2. The van der Waals surface area contributed by atoms with Gasteiger partial charge in [-0.15, -0.1) is 0 Å². The van der Waals surface area contributed by atoms with Crippen molar-refractivity contribution in [3.63, 3.8) is 0 Å². The molecule has 39 heavy (non-hydrogen) atoms. The van der Waals surface area contributed by atoms with Gasteiger partial charge in [0.05, 0.1) is 35.5 Å². The molecule has 1 unspecified atom stereocenters. The molecule has 0 spiro atoms. The van der Waals surface area contributed by atoms with Crippen LogP contribution in [-0.4, -0.2) is 35.5 Å². The smallest absolute Gasteiger partial charge is 0.301 e. The largest absolute Gasteiger partial charge is 0.507 e. The predicted molar refractivity (Wildman–Crippen MR) is 154 cm³/mol. The lowest BCUT2D eigenvalue weighted by Gasteiger charge is -2.24. The van der Waals surface area contributed by atoms with Crippen LogP contribution in [0.15, 0.2) is 54.1 Å². The molecule has 1 atom stereocenters. The van der Waals surface area contributed by atoms with Gasteiger partial charge in [0.1, 0.15) is 5.76 Å². The van der Waals surface area contributed by atoms with Crippen LogP contribution in [0.5, 0.6) is 11.5 Å². The molecule has 1 N–H and O–H groups in total. The van der Waals surface area contributed by atoms with Gasteiger partial charge in [-0.05, 0) is 81.1 Å². The Labute approximate surface area is 231 Å². The van der Waals surface area contributed by atoms with Crippen LogP contribution < -0.4 is 14.4 Å². The van der Waals surface area contributed by atoms with Crippen molar-refractivity contribution in [2.45, 2.75) is 40.7 Å². The molecule has 0 radical (unpaired) electrons. The van der Waals surface area contributed by atoms with Crippen LogP contribution >= 0.6 is 11.3 Å². The standard InChI is InChI=1S/C31H30N2O5S/c1-7-38-22-11-10-20(15-23(22)37-6)27-25(28(34)21-13-16(2)8-9-18(21)4)29(35)30(36)33(27)31-32-26-19(5)12-17(3)14-24(26)39-31/h8-15,27,34H,7H2,1-6H3. The highest BCUT2D eigenvalue weighted by Crippen LogP contribution is 2.46. The Balaban J connectivity index is 1.78. The topological polar surface area (TPSA) is 89.0 Å². The molecule has 0 bridgehead atoms. The fourth-order valence-corrected chi connectivity index (χ4v) is 6.24. The number of ketones is 1. The van der Waals surface area contributed by atoms with Crippen molar-refractivity contribution >= 4 is 44.1 Å². The van der Waals surface area contributed by atoms with Crippen LogP contribution in [0.3, 0.4) is 0 Å². The maximum Gasteiger partial charge on any atom is 0.301 e. The second kappa shape index (κ2) is 10.2. The highest BCUT2D eigenvalue weighted by molar-refractivity contribution is 7.22. The molecular weight excluding hydrogens is 512 g/mol. The van der Waals surface area contributed by atoms with Gasteiger partial charge >= 0.3 is 5.91 Å². The Morgan fingerprint density at radius 1 is 0.974 bits per heavy atom. The van der Waals surface area contributed by atoms with E-state index in [-0.39, 0.29) is 11.3 Å². The number of aromatic nitrogens is 1. The molecule has 1 saturated heterocycles. The van der Waals surface area contributed by atoms with Crippen LogP contribution in [0, 0.1) is 27.7 Å². The van der Waals surface area contributed by atoms with Crippen LogP contribution in [-0.2, 0) is 9.59 Å². The zero-order valence-corrected chi connectivity index (χ0v) is 23.6. The van der Waals surface area contributed by atoms with Crippen LogP contribution in [0.1, 0.15) is 46.3 Å². The fraction of sp³-hybridized carbons (Fsp3) is 0.258. The van der Waals surface area contributed by atoms with E-state index in [1.165, 1.54) is 23.3 Å². The number of aryl methyl sites for hydroxylation is 4. The van der Waals surface area contributed by atoms with Crippen molar-refractivity contribution in [3.05, 3.63) is 87.5 Å². The highest BCUT2D eigenvalue weighted by atomic mass is 32.1. The van der Waals surface area contributed by atoms with Crippen LogP contribution in [0.25, 0.3) is 16.0 Å². The van der Waals surface area contributed by atoms with E-state index in [2.05, 4.69) is 0 Å². The van der Waals surface area contributed by atoms with E-state index in [4.69, 9.17) is 14.5 Å². The van der Waals surface area contributed by atoms with Crippen molar-refractivity contribution in [2.24, 2.45) is 0 Å². The molecule has 0 aliphatic carbocycles. The van der Waals surface area contributed by atoms with Crippen LogP contribution in [0.4, 0.5) is 5.13 Å². The first-order chi connectivity index (χ1) is 18.6. The number of hydrogen-bond acceptors (Lipinski definition) is 7. The molecule has 2 heterocycles. The molecule has 1 aliphatic rings. The van der Waals surface area contributed by atoms with Crippen molar-refractivity contribution in [1.82, 2.24) is 4.98 Å². The Morgan fingerprint density at radius 3 is 2.46 bits per heavy atom. The Hall–Kier alpha value is -4.17. The van der Waals surface area contributed by atoms with Crippen molar-refractivity contribution in [2.75, 3.05) is 18.6 Å². The first kappa shape index (κ1) is 26.4. The first-order valence-electron chi connectivity index (χ1n) is 12.7. The SMILES string of the molecule is CCOc1ccc(C2C(=C(O)c3cc(C)ccc3C)C(=O)C(=O)N2c2nc3c(C)cc(C)cc3s2)cc1OC. The molecule has 3 aromatic carbocycles. The van der Waals surface area contributed by atoms with E-state index < -0.39 is 17.7 Å². The number of carbonyl (C=O) groups is 2. The van der Waals surface area contributed by atoms with Gasteiger partial charge in [-0.1, -0.05) is 41.2 Å². The summed E-state index contributed by atoms with van der Waals surface area (Å²) in [6.45, 7) is 10.1. The number of hydrogen-bond donors (Lipinski definition) is 1. The lowest BCUT2D eigenvalue weighted by atomic mass is 9.93. The zero-order chi connectivity index (χ0) is 28.0. The minimum absolute atomic E-state index is 0.00655. The number of Topliss-reactive ketones (excluding diaryl/α,β-unsaturated/α-hetero) is 1. The van der Waals surface area contributed by atoms with Gasteiger partial charge in [0.25, 0.3) is 5.78 Å². The van der Waals surface area contributed by atoms with E-state index in [0.717, 1.165) is 32.5 Å². The van der Waals surface area contributed by atoms with Gasteiger partial charge < -0.3 is 14.6 Å². The Bertz CT molecular complexity index is 1670. The lowest BCUT2D eigenvalue weighted by Crippen LogP contribution is -2.29. The summed E-state index contributed by atoms with van der Waals surface area (Å²) in [4.78, 5) is 33.5. The second-order valence-corrected chi connectivity index (χ2v) is 10.8. The third-order valence-corrected chi connectivity index (χ3v) is 7.92. The van der Waals surface area contributed by atoms with Gasteiger partial charge in [-0.25, -0.2) is 4.98 Å². The molecule has 1 aromatic heterocycles.